The van der Waals surface area contributed by atoms with E-state index >= 15 is 0 Å². The summed E-state index contributed by atoms with van der Waals surface area (Å²) >= 11 is 0. The van der Waals surface area contributed by atoms with Crippen LogP contribution in [0, 0.1) is 0 Å². The van der Waals surface area contributed by atoms with Gasteiger partial charge in [-0.3, -0.25) is 9.89 Å². The molecule has 1 aliphatic rings. The Morgan fingerprint density at radius 3 is 2.95 bits per heavy atom. The molecule has 2 atom stereocenters. The number of fused-ring (bicyclic) bond motifs is 1. The number of likely N-dealkylation sites (tertiary alicyclic amines) is 1. The minimum Gasteiger partial charge on any atom is -0.333 e. The van der Waals surface area contributed by atoms with Crippen molar-refractivity contribution in [3.63, 3.8) is 0 Å². The van der Waals surface area contributed by atoms with Crippen LogP contribution in [0.4, 0.5) is 0 Å². The van der Waals surface area contributed by atoms with E-state index in [2.05, 4.69) is 10.2 Å². The number of hydrogen-bond donors (Lipinski definition) is 2. The normalized spacial score (nSPS) is 20.1. The van der Waals surface area contributed by atoms with Gasteiger partial charge in [0, 0.05) is 24.0 Å². The van der Waals surface area contributed by atoms with E-state index in [1.165, 1.54) is 0 Å². The largest absolute Gasteiger partial charge is 0.333 e. The van der Waals surface area contributed by atoms with Gasteiger partial charge in [0.2, 0.25) is 0 Å². The maximum Gasteiger partial charge on any atom is 0.275 e. The number of amides is 1. The summed E-state index contributed by atoms with van der Waals surface area (Å²) in [5.74, 6) is -0.00977. The van der Waals surface area contributed by atoms with Crippen LogP contribution in [0.1, 0.15) is 36.7 Å². The zero-order valence-corrected chi connectivity index (χ0v) is 12.9. The van der Waals surface area contributed by atoms with Crippen molar-refractivity contribution >= 4 is 29.2 Å². The summed E-state index contributed by atoms with van der Waals surface area (Å²) in [7, 11) is 0. The Kier molecular flexibility index (Phi) is 4.85. The fourth-order valence-corrected chi connectivity index (χ4v) is 3.02. The molecule has 3 N–H and O–H groups in total. The highest BCUT2D eigenvalue weighted by molar-refractivity contribution is 6.04. The third kappa shape index (κ3) is 2.89. The lowest BCUT2D eigenvalue weighted by Crippen LogP contribution is -2.51. The number of carbonyl (C=O) groups excluding carboxylic acids is 1. The van der Waals surface area contributed by atoms with Crippen molar-refractivity contribution in [1.29, 1.82) is 0 Å². The van der Waals surface area contributed by atoms with Gasteiger partial charge in [-0.1, -0.05) is 18.2 Å². The van der Waals surface area contributed by atoms with Crippen molar-refractivity contribution in [3.05, 3.63) is 30.0 Å². The molecule has 114 valence electrons. The van der Waals surface area contributed by atoms with Crippen LogP contribution in [0.2, 0.25) is 0 Å². The first kappa shape index (κ1) is 15.8. The molecule has 1 amide bonds. The third-order valence-corrected chi connectivity index (χ3v) is 4.09. The average Bonchev–Trinajstić information content (AvgIpc) is 2.90. The first-order valence-corrected chi connectivity index (χ1v) is 7.18. The molecular formula is C15H21ClN4O. The van der Waals surface area contributed by atoms with Gasteiger partial charge in [-0.05, 0) is 32.3 Å². The lowest BCUT2D eigenvalue weighted by atomic mass is 9.96. The molecule has 21 heavy (non-hydrogen) atoms. The highest BCUT2D eigenvalue weighted by atomic mass is 35.5. The fourth-order valence-electron chi connectivity index (χ4n) is 3.02. The van der Waals surface area contributed by atoms with Crippen LogP contribution < -0.4 is 5.73 Å². The number of benzene rings is 1. The van der Waals surface area contributed by atoms with Crippen LogP contribution in [0.15, 0.2) is 24.3 Å². The van der Waals surface area contributed by atoms with E-state index in [9.17, 15) is 4.79 Å². The molecular weight excluding hydrogens is 288 g/mol. The van der Waals surface area contributed by atoms with E-state index in [0.717, 1.165) is 36.7 Å². The second-order valence-electron chi connectivity index (χ2n) is 5.54. The van der Waals surface area contributed by atoms with Crippen molar-refractivity contribution in [2.45, 2.75) is 38.3 Å². The molecule has 0 aliphatic carbocycles. The van der Waals surface area contributed by atoms with Crippen LogP contribution in [-0.4, -0.2) is 39.6 Å². The Labute approximate surface area is 130 Å². The van der Waals surface area contributed by atoms with Gasteiger partial charge in [-0.25, -0.2) is 0 Å². The summed E-state index contributed by atoms with van der Waals surface area (Å²) in [6, 6.07) is 7.82. The zero-order valence-electron chi connectivity index (χ0n) is 12.1. The Hall–Kier alpha value is -1.59. The third-order valence-electron chi connectivity index (χ3n) is 4.09. The lowest BCUT2D eigenvalue weighted by Gasteiger charge is -2.37. The lowest BCUT2D eigenvalue weighted by molar-refractivity contribution is 0.0579. The number of nitrogens with one attached hydrogen (secondary N) is 1. The number of nitrogens with zero attached hydrogens (tertiary/aromatic N) is 2. The predicted octanol–water partition coefficient (Wildman–Crippen LogP) is 2.33. The first-order valence-electron chi connectivity index (χ1n) is 7.18. The molecule has 0 bridgehead atoms. The number of halogens is 1. The van der Waals surface area contributed by atoms with Gasteiger partial charge in [0.05, 0.1) is 5.52 Å². The summed E-state index contributed by atoms with van der Waals surface area (Å²) in [6.07, 6.45) is 3.15. The maximum atomic E-state index is 12.8. The Balaban J connectivity index is 0.00000161. The number of piperidine rings is 1. The van der Waals surface area contributed by atoms with E-state index in [-0.39, 0.29) is 30.4 Å². The SMILES string of the molecule is CC(N)C1CCCCN1C(=O)c1n[nH]c2ccccc12.Cl. The standard InChI is InChI=1S/C15H20N4O.ClH/c1-10(16)13-8-4-5-9-19(13)15(20)14-11-6-2-3-7-12(11)17-18-14;/h2-3,6-7,10,13H,4-5,8-9,16H2,1H3,(H,17,18);1H. The van der Waals surface area contributed by atoms with Gasteiger partial charge in [0.1, 0.15) is 0 Å². The Morgan fingerprint density at radius 2 is 2.19 bits per heavy atom. The van der Waals surface area contributed by atoms with Crippen LogP contribution in [-0.2, 0) is 0 Å². The molecule has 0 radical (unpaired) electrons. The number of H-pyrrole nitrogens is 1. The van der Waals surface area contributed by atoms with Gasteiger partial charge >= 0.3 is 0 Å². The molecule has 2 aromatic rings. The maximum absolute atomic E-state index is 12.8. The number of carbonyl (C=O) groups is 1. The number of nitrogens with two attached hydrogens (primary N) is 1. The highest BCUT2D eigenvalue weighted by Crippen LogP contribution is 2.23. The zero-order chi connectivity index (χ0) is 14.1. The van der Waals surface area contributed by atoms with Crippen LogP contribution in [0.5, 0.6) is 0 Å². The molecule has 1 aromatic heterocycles. The average molecular weight is 309 g/mol. The molecule has 6 heteroatoms. The van der Waals surface area contributed by atoms with E-state index in [1.54, 1.807) is 0 Å². The number of aromatic amines is 1. The molecule has 3 rings (SSSR count). The Bertz CT molecular complexity index is 625. The molecule has 2 unspecified atom stereocenters. The minimum absolute atomic E-state index is 0. The second-order valence-corrected chi connectivity index (χ2v) is 5.54. The van der Waals surface area contributed by atoms with Gasteiger partial charge in [-0.2, -0.15) is 5.10 Å². The molecule has 0 spiro atoms. The molecule has 1 saturated heterocycles. The monoisotopic (exact) mass is 308 g/mol. The summed E-state index contributed by atoms with van der Waals surface area (Å²) in [4.78, 5) is 14.7. The molecule has 0 saturated carbocycles. The minimum atomic E-state index is -0.00977. The highest BCUT2D eigenvalue weighted by Gasteiger charge is 2.31. The molecule has 1 aliphatic heterocycles. The molecule has 5 nitrogen and oxygen atoms in total. The van der Waals surface area contributed by atoms with Crippen molar-refractivity contribution < 1.29 is 4.79 Å². The van der Waals surface area contributed by atoms with E-state index in [4.69, 9.17) is 5.73 Å². The first-order chi connectivity index (χ1) is 9.68. The molecule has 1 fully saturated rings. The van der Waals surface area contributed by atoms with Gasteiger partial charge in [-0.15, -0.1) is 12.4 Å². The van der Waals surface area contributed by atoms with Gasteiger partial charge < -0.3 is 10.6 Å². The van der Waals surface area contributed by atoms with Crippen molar-refractivity contribution in [2.75, 3.05) is 6.54 Å². The van der Waals surface area contributed by atoms with Crippen LogP contribution in [0.25, 0.3) is 10.9 Å². The number of rotatable bonds is 2. The van der Waals surface area contributed by atoms with Crippen LogP contribution in [0.3, 0.4) is 0 Å². The summed E-state index contributed by atoms with van der Waals surface area (Å²) in [5.41, 5.74) is 7.44. The second kappa shape index (κ2) is 6.45. The molecule has 1 aromatic carbocycles. The van der Waals surface area contributed by atoms with E-state index in [0.29, 0.717) is 5.69 Å². The number of para-hydroxylation sites is 1. The van der Waals surface area contributed by atoms with Crippen molar-refractivity contribution in [2.24, 2.45) is 5.73 Å². The quantitative estimate of drug-likeness (QED) is 0.894. The topological polar surface area (TPSA) is 75.0 Å². The Morgan fingerprint density at radius 1 is 1.43 bits per heavy atom. The molecule has 2 heterocycles. The summed E-state index contributed by atoms with van der Waals surface area (Å²) in [6.45, 7) is 2.74. The van der Waals surface area contributed by atoms with Crippen molar-refractivity contribution in [3.8, 4) is 0 Å². The van der Waals surface area contributed by atoms with Gasteiger partial charge in [0.25, 0.3) is 5.91 Å². The smallest absolute Gasteiger partial charge is 0.275 e. The van der Waals surface area contributed by atoms with Crippen LogP contribution >= 0.6 is 12.4 Å². The number of aromatic nitrogens is 2. The van der Waals surface area contributed by atoms with Gasteiger partial charge in [0.15, 0.2) is 5.69 Å². The fraction of sp³-hybridized carbons (Fsp3) is 0.467. The van der Waals surface area contributed by atoms with E-state index < -0.39 is 0 Å². The number of hydrogen-bond acceptors (Lipinski definition) is 3. The van der Waals surface area contributed by atoms with Crippen molar-refractivity contribution in [1.82, 2.24) is 15.1 Å². The predicted molar refractivity (Wildman–Crippen MR) is 85.7 cm³/mol. The summed E-state index contributed by atoms with van der Waals surface area (Å²) in [5, 5.41) is 8.01. The summed E-state index contributed by atoms with van der Waals surface area (Å²) < 4.78 is 0. The van der Waals surface area contributed by atoms with E-state index in [1.807, 2.05) is 36.1 Å².